The van der Waals surface area contributed by atoms with Crippen LogP contribution < -0.4 is 15.4 Å². The lowest BCUT2D eigenvalue weighted by Crippen LogP contribution is -2.20. The number of anilines is 2. The maximum atomic E-state index is 12.1. The number of rotatable bonds is 7. The van der Waals surface area contributed by atoms with Gasteiger partial charge in [-0.1, -0.05) is 35.3 Å². The Hall–Kier alpha value is -2.21. The van der Waals surface area contributed by atoms with Gasteiger partial charge in [-0.3, -0.25) is 4.79 Å². The molecule has 0 aromatic heterocycles. The standard InChI is InChI=1S/C23H21BrCl2N2O2/c1-14-3-5-17(9-15(14)2)27-12-16-4-8-22(19(24)10-16)30-13-23(29)28-18-6-7-20(25)21(26)11-18/h3-11,27H,12-13H2,1-2H3,(H,28,29). The summed E-state index contributed by atoms with van der Waals surface area (Å²) >= 11 is 15.4. The summed E-state index contributed by atoms with van der Waals surface area (Å²) in [7, 11) is 0. The van der Waals surface area contributed by atoms with Gasteiger partial charge in [0.05, 0.1) is 14.5 Å². The molecule has 156 valence electrons. The highest BCUT2D eigenvalue weighted by Gasteiger charge is 2.08. The normalized spacial score (nSPS) is 10.6. The lowest BCUT2D eigenvalue weighted by Gasteiger charge is -2.12. The van der Waals surface area contributed by atoms with E-state index in [1.165, 1.54) is 11.1 Å². The van der Waals surface area contributed by atoms with Crippen molar-refractivity contribution in [1.29, 1.82) is 0 Å². The molecule has 0 heterocycles. The van der Waals surface area contributed by atoms with Crippen molar-refractivity contribution in [2.75, 3.05) is 17.2 Å². The predicted molar refractivity (Wildman–Crippen MR) is 128 cm³/mol. The number of amides is 1. The van der Waals surface area contributed by atoms with Gasteiger partial charge in [-0.2, -0.15) is 0 Å². The minimum absolute atomic E-state index is 0.126. The third-order valence-corrected chi connectivity index (χ3v) is 5.92. The minimum Gasteiger partial charge on any atom is -0.483 e. The van der Waals surface area contributed by atoms with Gasteiger partial charge in [0.2, 0.25) is 0 Å². The van der Waals surface area contributed by atoms with Gasteiger partial charge in [0.25, 0.3) is 5.91 Å². The van der Waals surface area contributed by atoms with Crippen molar-refractivity contribution in [3.63, 3.8) is 0 Å². The summed E-state index contributed by atoms with van der Waals surface area (Å²) in [5.41, 5.74) is 5.25. The first kappa shape index (κ1) is 22.5. The van der Waals surface area contributed by atoms with E-state index in [1.807, 2.05) is 18.2 Å². The average Bonchev–Trinajstić information content (AvgIpc) is 2.71. The summed E-state index contributed by atoms with van der Waals surface area (Å²) in [6.45, 7) is 4.75. The quantitative estimate of drug-likeness (QED) is 0.362. The Morgan fingerprint density at radius 2 is 1.70 bits per heavy atom. The van der Waals surface area contributed by atoms with E-state index in [1.54, 1.807) is 18.2 Å². The topological polar surface area (TPSA) is 50.4 Å². The molecule has 3 aromatic carbocycles. The van der Waals surface area contributed by atoms with Crippen molar-refractivity contribution < 1.29 is 9.53 Å². The van der Waals surface area contributed by atoms with Crippen LogP contribution in [-0.4, -0.2) is 12.5 Å². The molecule has 0 aliphatic rings. The molecule has 0 aliphatic carbocycles. The average molecular weight is 508 g/mol. The molecule has 2 N–H and O–H groups in total. The zero-order valence-corrected chi connectivity index (χ0v) is 19.7. The van der Waals surface area contributed by atoms with Crippen LogP contribution in [0.15, 0.2) is 59.1 Å². The molecule has 0 bridgehead atoms. The van der Waals surface area contributed by atoms with Crippen LogP contribution in [0, 0.1) is 13.8 Å². The molecule has 0 aliphatic heterocycles. The Morgan fingerprint density at radius 3 is 2.40 bits per heavy atom. The summed E-state index contributed by atoms with van der Waals surface area (Å²) < 4.78 is 6.41. The van der Waals surface area contributed by atoms with Crippen LogP contribution in [0.1, 0.15) is 16.7 Å². The first-order valence-corrected chi connectivity index (χ1v) is 10.8. The van der Waals surface area contributed by atoms with E-state index >= 15 is 0 Å². The molecule has 30 heavy (non-hydrogen) atoms. The molecular weight excluding hydrogens is 487 g/mol. The van der Waals surface area contributed by atoms with Crippen LogP contribution in [0.5, 0.6) is 5.75 Å². The fraction of sp³-hybridized carbons (Fsp3) is 0.174. The van der Waals surface area contributed by atoms with Gasteiger partial charge >= 0.3 is 0 Å². The summed E-state index contributed by atoms with van der Waals surface area (Å²) in [5, 5.41) is 6.95. The molecule has 0 radical (unpaired) electrons. The second-order valence-electron chi connectivity index (χ2n) is 6.88. The smallest absolute Gasteiger partial charge is 0.262 e. The van der Waals surface area contributed by atoms with Crippen molar-refractivity contribution in [3.8, 4) is 5.75 Å². The molecule has 0 saturated carbocycles. The van der Waals surface area contributed by atoms with E-state index in [0.29, 0.717) is 28.0 Å². The van der Waals surface area contributed by atoms with Crippen molar-refractivity contribution in [2.45, 2.75) is 20.4 Å². The van der Waals surface area contributed by atoms with Gasteiger partial charge in [0.15, 0.2) is 6.61 Å². The maximum Gasteiger partial charge on any atom is 0.262 e. The number of carbonyl (C=O) groups is 1. The van der Waals surface area contributed by atoms with Crippen LogP contribution in [0.3, 0.4) is 0 Å². The van der Waals surface area contributed by atoms with Gasteiger partial charge in [0.1, 0.15) is 5.75 Å². The van der Waals surface area contributed by atoms with Crippen molar-refractivity contribution in [1.82, 2.24) is 0 Å². The van der Waals surface area contributed by atoms with Gasteiger partial charge in [-0.15, -0.1) is 0 Å². The lowest BCUT2D eigenvalue weighted by atomic mass is 10.1. The Labute approximate surface area is 194 Å². The van der Waals surface area contributed by atoms with Crippen LogP contribution in [0.25, 0.3) is 0 Å². The van der Waals surface area contributed by atoms with Crippen LogP contribution in [0.2, 0.25) is 10.0 Å². The summed E-state index contributed by atoms with van der Waals surface area (Å²) in [6.07, 6.45) is 0. The molecule has 0 saturated heterocycles. The highest BCUT2D eigenvalue weighted by molar-refractivity contribution is 9.10. The fourth-order valence-corrected chi connectivity index (χ4v) is 3.58. The molecule has 0 atom stereocenters. The number of ether oxygens (including phenoxy) is 1. The monoisotopic (exact) mass is 506 g/mol. The van der Waals surface area contributed by atoms with E-state index in [-0.39, 0.29) is 12.5 Å². The van der Waals surface area contributed by atoms with E-state index in [0.717, 1.165) is 15.7 Å². The van der Waals surface area contributed by atoms with Gasteiger partial charge in [0, 0.05) is 17.9 Å². The zero-order chi connectivity index (χ0) is 21.7. The molecule has 0 fully saturated rings. The number of benzene rings is 3. The van der Waals surface area contributed by atoms with E-state index in [4.69, 9.17) is 27.9 Å². The number of hydrogen-bond donors (Lipinski definition) is 2. The third kappa shape index (κ3) is 6.14. The third-order valence-electron chi connectivity index (χ3n) is 4.56. The second-order valence-corrected chi connectivity index (χ2v) is 8.55. The summed E-state index contributed by atoms with van der Waals surface area (Å²) in [4.78, 5) is 12.1. The molecule has 3 aromatic rings. The van der Waals surface area contributed by atoms with Gasteiger partial charge < -0.3 is 15.4 Å². The number of hydrogen-bond acceptors (Lipinski definition) is 3. The fourth-order valence-electron chi connectivity index (χ4n) is 2.74. The Bertz CT molecular complexity index is 1070. The van der Waals surface area contributed by atoms with E-state index < -0.39 is 0 Å². The highest BCUT2D eigenvalue weighted by atomic mass is 79.9. The SMILES string of the molecule is Cc1ccc(NCc2ccc(OCC(=O)Nc3ccc(Cl)c(Cl)c3)c(Br)c2)cc1C. The lowest BCUT2D eigenvalue weighted by molar-refractivity contribution is -0.118. The van der Waals surface area contributed by atoms with Crippen LogP contribution in [0.4, 0.5) is 11.4 Å². The Kier molecular flexibility index (Phi) is 7.64. The molecular formula is C23H21BrCl2N2O2. The number of nitrogens with one attached hydrogen (secondary N) is 2. The van der Waals surface area contributed by atoms with E-state index in [2.05, 4.69) is 58.6 Å². The van der Waals surface area contributed by atoms with Crippen molar-refractivity contribution >= 4 is 56.4 Å². The predicted octanol–water partition coefficient (Wildman–Crippen LogP) is 7.00. The van der Waals surface area contributed by atoms with Gasteiger partial charge in [-0.25, -0.2) is 0 Å². The van der Waals surface area contributed by atoms with Crippen LogP contribution in [-0.2, 0) is 11.3 Å². The minimum atomic E-state index is -0.291. The van der Waals surface area contributed by atoms with Crippen molar-refractivity contribution in [2.24, 2.45) is 0 Å². The molecule has 4 nitrogen and oxygen atoms in total. The number of carbonyl (C=O) groups excluding carboxylic acids is 1. The molecule has 1 amide bonds. The van der Waals surface area contributed by atoms with Crippen molar-refractivity contribution in [3.05, 3.63) is 85.8 Å². The zero-order valence-electron chi connectivity index (χ0n) is 16.6. The second kappa shape index (κ2) is 10.2. The highest BCUT2D eigenvalue weighted by Crippen LogP contribution is 2.27. The first-order valence-electron chi connectivity index (χ1n) is 9.29. The van der Waals surface area contributed by atoms with Gasteiger partial charge in [-0.05, 0) is 88.9 Å². The first-order chi connectivity index (χ1) is 14.3. The molecule has 3 rings (SSSR count). The largest absolute Gasteiger partial charge is 0.483 e. The van der Waals surface area contributed by atoms with Crippen LogP contribution >= 0.6 is 39.1 Å². The van der Waals surface area contributed by atoms with E-state index in [9.17, 15) is 4.79 Å². The summed E-state index contributed by atoms with van der Waals surface area (Å²) in [6, 6.07) is 17.0. The molecule has 0 spiro atoms. The number of aryl methyl sites for hydroxylation is 2. The Balaban J connectivity index is 1.53. The number of halogens is 3. The maximum absolute atomic E-state index is 12.1. The summed E-state index contributed by atoms with van der Waals surface area (Å²) in [5.74, 6) is 0.301. The Morgan fingerprint density at radius 1 is 0.933 bits per heavy atom. The molecule has 7 heteroatoms. The molecule has 0 unspecified atom stereocenters.